The van der Waals surface area contributed by atoms with Crippen molar-refractivity contribution in [1.82, 2.24) is 10.2 Å². The van der Waals surface area contributed by atoms with Crippen molar-refractivity contribution in [3.05, 3.63) is 0 Å². The maximum absolute atomic E-state index is 11.1. The van der Waals surface area contributed by atoms with E-state index in [0.29, 0.717) is 0 Å². The van der Waals surface area contributed by atoms with Crippen LogP contribution in [0, 0.1) is 0 Å². The van der Waals surface area contributed by atoms with Crippen molar-refractivity contribution in [2.24, 2.45) is 0 Å². The largest absolute Gasteiger partial charge is 0.480 e. The molecule has 0 aliphatic heterocycles. The first-order chi connectivity index (χ1) is 6.88. The monoisotopic (exact) mass is 218 g/mol. The van der Waals surface area contributed by atoms with Crippen LogP contribution in [0.15, 0.2) is 0 Å². The molecule has 0 radical (unpaired) electrons. The van der Waals surface area contributed by atoms with Crippen molar-refractivity contribution in [2.75, 3.05) is 21.2 Å². The first kappa shape index (κ1) is 13.2. The Kier molecular flexibility index (Phi) is 5.14. The molecule has 1 atom stereocenters. The summed E-state index contributed by atoms with van der Waals surface area (Å²) in [6, 6.07) is -1.85. The molecule has 7 heteroatoms. The molecule has 2 N–H and O–H groups in total. The van der Waals surface area contributed by atoms with Crippen LogP contribution >= 0.6 is 0 Å². The zero-order valence-corrected chi connectivity index (χ0v) is 8.81. The molecule has 0 saturated carbocycles. The van der Waals surface area contributed by atoms with Gasteiger partial charge in [-0.25, -0.2) is 9.59 Å². The zero-order valence-electron chi connectivity index (χ0n) is 8.81. The third kappa shape index (κ3) is 4.84. The molecule has 0 rings (SSSR count). The summed E-state index contributed by atoms with van der Waals surface area (Å²) in [4.78, 5) is 33.8. The van der Waals surface area contributed by atoms with E-state index >= 15 is 0 Å². The highest BCUT2D eigenvalue weighted by atomic mass is 16.5. The Labute approximate surface area is 87.0 Å². The number of hydrogen-bond donors (Lipinski definition) is 2. The van der Waals surface area contributed by atoms with Gasteiger partial charge in [-0.2, -0.15) is 0 Å². The van der Waals surface area contributed by atoms with Gasteiger partial charge in [-0.1, -0.05) is 0 Å². The highest BCUT2D eigenvalue weighted by Gasteiger charge is 2.24. The molecule has 0 aromatic heterocycles. The van der Waals surface area contributed by atoms with Gasteiger partial charge in [-0.05, 0) is 0 Å². The molecule has 0 fully saturated rings. The van der Waals surface area contributed by atoms with Gasteiger partial charge in [-0.3, -0.25) is 4.79 Å². The van der Waals surface area contributed by atoms with Crippen LogP contribution in [0.1, 0.15) is 6.42 Å². The summed E-state index contributed by atoms with van der Waals surface area (Å²) in [7, 11) is 4.08. The predicted molar refractivity (Wildman–Crippen MR) is 50.3 cm³/mol. The number of aliphatic carboxylic acids is 1. The third-order valence-corrected chi connectivity index (χ3v) is 1.60. The second kappa shape index (κ2) is 5.84. The Balaban J connectivity index is 4.35. The van der Waals surface area contributed by atoms with E-state index in [4.69, 9.17) is 5.11 Å². The van der Waals surface area contributed by atoms with Crippen LogP contribution in [0.3, 0.4) is 0 Å². The minimum Gasteiger partial charge on any atom is -0.480 e. The minimum absolute atomic E-state index is 0.397. The molecule has 0 bridgehead atoms. The fourth-order valence-corrected chi connectivity index (χ4v) is 0.728. The summed E-state index contributed by atoms with van der Waals surface area (Å²) in [5.41, 5.74) is 0. The average Bonchev–Trinajstić information content (AvgIpc) is 2.15. The molecule has 0 saturated heterocycles. The second-order valence-electron chi connectivity index (χ2n) is 3.01. The van der Waals surface area contributed by atoms with Gasteiger partial charge in [-0.15, -0.1) is 0 Å². The van der Waals surface area contributed by atoms with Crippen LogP contribution in [0.5, 0.6) is 0 Å². The van der Waals surface area contributed by atoms with Gasteiger partial charge in [0.1, 0.15) is 6.04 Å². The van der Waals surface area contributed by atoms with Crippen molar-refractivity contribution in [3.8, 4) is 0 Å². The Morgan fingerprint density at radius 1 is 1.40 bits per heavy atom. The smallest absolute Gasteiger partial charge is 0.326 e. The normalized spacial score (nSPS) is 11.4. The molecule has 15 heavy (non-hydrogen) atoms. The molecule has 0 unspecified atom stereocenters. The van der Waals surface area contributed by atoms with Crippen LogP contribution in [-0.2, 0) is 14.3 Å². The van der Waals surface area contributed by atoms with Crippen LogP contribution in [-0.4, -0.2) is 55.2 Å². The van der Waals surface area contributed by atoms with Crippen LogP contribution in [0.4, 0.5) is 4.79 Å². The first-order valence-corrected chi connectivity index (χ1v) is 4.16. The number of carboxylic acids is 1. The second-order valence-corrected chi connectivity index (χ2v) is 3.01. The van der Waals surface area contributed by atoms with Gasteiger partial charge < -0.3 is 20.1 Å². The third-order valence-electron chi connectivity index (χ3n) is 1.60. The molecule has 0 aliphatic carbocycles. The number of nitrogens with one attached hydrogen (secondary N) is 1. The SMILES string of the molecule is COC(=O)C[C@H](NC(=O)N(C)C)C(=O)O. The van der Waals surface area contributed by atoms with Crippen molar-refractivity contribution in [1.29, 1.82) is 0 Å². The van der Waals surface area contributed by atoms with E-state index < -0.39 is 30.4 Å². The number of urea groups is 1. The molecular formula is C8H14N2O5. The van der Waals surface area contributed by atoms with Gasteiger partial charge in [0.15, 0.2) is 0 Å². The number of carboxylic acid groups (broad SMARTS) is 1. The van der Waals surface area contributed by atoms with Gasteiger partial charge in [0.2, 0.25) is 0 Å². The molecule has 7 nitrogen and oxygen atoms in total. The molecule has 2 amide bonds. The summed E-state index contributed by atoms with van der Waals surface area (Å²) in [5.74, 6) is -1.97. The van der Waals surface area contributed by atoms with E-state index in [0.717, 1.165) is 7.11 Å². The van der Waals surface area contributed by atoms with Gasteiger partial charge in [0.05, 0.1) is 13.5 Å². The predicted octanol–water partition coefficient (Wildman–Crippen LogP) is -0.726. The molecule has 0 aromatic carbocycles. The lowest BCUT2D eigenvalue weighted by Gasteiger charge is -2.17. The maximum atomic E-state index is 11.1. The Bertz CT molecular complexity index is 264. The van der Waals surface area contributed by atoms with Crippen LogP contribution in [0.2, 0.25) is 0 Å². The quantitative estimate of drug-likeness (QED) is 0.607. The van der Waals surface area contributed by atoms with E-state index in [-0.39, 0.29) is 0 Å². The number of hydrogen-bond acceptors (Lipinski definition) is 4. The number of methoxy groups -OCH3 is 1. The van der Waals surface area contributed by atoms with Crippen molar-refractivity contribution in [3.63, 3.8) is 0 Å². The summed E-state index contributed by atoms with van der Waals surface area (Å²) >= 11 is 0. The van der Waals surface area contributed by atoms with Crippen molar-refractivity contribution >= 4 is 18.0 Å². The Hall–Kier alpha value is -1.79. The molecule has 0 aromatic rings. The number of amides is 2. The van der Waals surface area contributed by atoms with Crippen molar-refractivity contribution < 1.29 is 24.2 Å². The Morgan fingerprint density at radius 2 is 1.93 bits per heavy atom. The van der Waals surface area contributed by atoms with E-state index in [1.54, 1.807) is 0 Å². The lowest BCUT2D eigenvalue weighted by Crippen LogP contribution is -2.46. The summed E-state index contributed by atoms with van der Waals surface area (Å²) < 4.78 is 4.31. The van der Waals surface area contributed by atoms with Crippen LogP contribution < -0.4 is 5.32 Å². The van der Waals surface area contributed by atoms with E-state index in [1.807, 2.05) is 0 Å². The molecule has 86 valence electrons. The average molecular weight is 218 g/mol. The molecular weight excluding hydrogens is 204 g/mol. The number of carbonyl (C=O) groups is 3. The highest BCUT2D eigenvalue weighted by molar-refractivity contribution is 5.86. The van der Waals surface area contributed by atoms with Crippen molar-refractivity contribution in [2.45, 2.75) is 12.5 Å². The summed E-state index contributed by atoms with van der Waals surface area (Å²) in [6.45, 7) is 0. The highest BCUT2D eigenvalue weighted by Crippen LogP contribution is 1.96. The number of carbonyl (C=O) groups excluding carboxylic acids is 2. The molecule has 0 heterocycles. The van der Waals surface area contributed by atoms with E-state index in [1.165, 1.54) is 19.0 Å². The number of ether oxygens (including phenoxy) is 1. The fourth-order valence-electron chi connectivity index (χ4n) is 0.728. The number of nitrogens with zero attached hydrogens (tertiary/aromatic N) is 1. The zero-order chi connectivity index (χ0) is 12.0. The Morgan fingerprint density at radius 3 is 2.27 bits per heavy atom. The number of esters is 1. The minimum atomic E-state index is -1.28. The van der Waals surface area contributed by atoms with Gasteiger partial charge >= 0.3 is 18.0 Å². The van der Waals surface area contributed by atoms with Gasteiger partial charge in [0, 0.05) is 14.1 Å². The van der Waals surface area contributed by atoms with Gasteiger partial charge in [0.25, 0.3) is 0 Å². The lowest BCUT2D eigenvalue weighted by atomic mass is 10.2. The number of rotatable bonds is 4. The van der Waals surface area contributed by atoms with E-state index in [2.05, 4.69) is 10.1 Å². The topological polar surface area (TPSA) is 95.9 Å². The maximum Gasteiger partial charge on any atom is 0.326 e. The summed E-state index contributed by atoms with van der Waals surface area (Å²) in [6.07, 6.45) is -0.397. The lowest BCUT2D eigenvalue weighted by molar-refractivity contribution is -0.147. The molecule has 0 aliphatic rings. The molecule has 0 spiro atoms. The first-order valence-electron chi connectivity index (χ1n) is 4.16. The van der Waals surface area contributed by atoms with Crippen LogP contribution in [0.25, 0.3) is 0 Å². The standard InChI is InChI=1S/C8H14N2O5/c1-10(2)8(14)9-5(7(12)13)4-6(11)15-3/h5H,4H2,1-3H3,(H,9,14)(H,12,13)/t5-/m0/s1. The summed E-state index contributed by atoms with van der Waals surface area (Å²) in [5, 5.41) is 10.9. The fraction of sp³-hybridized carbons (Fsp3) is 0.625. The van der Waals surface area contributed by atoms with E-state index in [9.17, 15) is 14.4 Å².